The smallest absolute Gasteiger partial charge is 0.0499 e. The molecule has 2 heteroatoms. The molecule has 0 aromatic heterocycles. The fraction of sp³-hybridized carbons (Fsp3) is 1.00. The molecule has 0 aliphatic rings. The number of hydrogen-bond donors (Lipinski definition) is 1. The van der Waals surface area contributed by atoms with E-state index in [4.69, 9.17) is 4.74 Å². The molecule has 1 N–H and O–H groups in total. The van der Waals surface area contributed by atoms with Crippen molar-refractivity contribution in [3.8, 4) is 0 Å². The number of ether oxygens (including phenoxy) is 1. The first-order chi connectivity index (χ1) is 6.60. The van der Waals surface area contributed by atoms with Gasteiger partial charge < -0.3 is 10.1 Å². The average molecular weight is 201 g/mol. The molecule has 3 atom stereocenters. The average Bonchev–Trinajstić information content (AvgIpc) is 2.15. The van der Waals surface area contributed by atoms with Gasteiger partial charge in [0, 0.05) is 26.3 Å². The second kappa shape index (κ2) is 8.25. The molecule has 0 bridgehead atoms. The first-order valence-corrected chi connectivity index (χ1v) is 5.82. The summed E-state index contributed by atoms with van der Waals surface area (Å²) >= 11 is 0. The molecule has 0 amide bonds. The second-order valence-electron chi connectivity index (χ2n) is 4.62. The van der Waals surface area contributed by atoms with Crippen molar-refractivity contribution in [2.45, 2.75) is 46.6 Å². The zero-order valence-electron chi connectivity index (χ0n) is 10.5. The quantitative estimate of drug-likeness (QED) is 0.652. The molecule has 0 aliphatic heterocycles. The van der Waals surface area contributed by atoms with E-state index in [0.29, 0.717) is 12.0 Å². The minimum Gasteiger partial charge on any atom is -0.384 e. The zero-order valence-corrected chi connectivity index (χ0v) is 10.5. The molecule has 0 spiro atoms. The summed E-state index contributed by atoms with van der Waals surface area (Å²) in [5.74, 6) is 1.44. The highest BCUT2D eigenvalue weighted by molar-refractivity contribution is 4.66. The topological polar surface area (TPSA) is 21.3 Å². The van der Waals surface area contributed by atoms with Gasteiger partial charge in [-0.05, 0) is 25.2 Å². The van der Waals surface area contributed by atoms with Crippen molar-refractivity contribution in [2.75, 3.05) is 20.3 Å². The van der Waals surface area contributed by atoms with E-state index in [-0.39, 0.29) is 0 Å². The van der Waals surface area contributed by atoms with Crippen LogP contribution in [0.25, 0.3) is 0 Å². The Morgan fingerprint density at radius 1 is 1.14 bits per heavy atom. The van der Waals surface area contributed by atoms with Crippen LogP contribution in [0.4, 0.5) is 0 Å². The van der Waals surface area contributed by atoms with Crippen molar-refractivity contribution in [3.63, 3.8) is 0 Å². The molecule has 0 saturated heterocycles. The summed E-state index contributed by atoms with van der Waals surface area (Å²) in [7, 11) is 1.76. The summed E-state index contributed by atoms with van der Waals surface area (Å²) in [4.78, 5) is 0. The van der Waals surface area contributed by atoms with E-state index in [9.17, 15) is 0 Å². The van der Waals surface area contributed by atoms with Gasteiger partial charge in [0.15, 0.2) is 0 Å². The molecule has 14 heavy (non-hydrogen) atoms. The summed E-state index contributed by atoms with van der Waals surface area (Å²) in [6.45, 7) is 11.0. The standard InChI is InChI=1S/C12H27NO/c1-6-10(2)7-12(4)13-8-11(3)9-14-5/h10-13H,6-9H2,1-5H3. The molecular formula is C12H27NO. The number of methoxy groups -OCH3 is 1. The minimum absolute atomic E-state index is 0.611. The highest BCUT2D eigenvalue weighted by Gasteiger charge is 2.08. The van der Waals surface area contributed by atoms with Crippen molar-refractivity contribution in [2.24, 2.45) is 11.8 Å². The van der Waals surface area contributed by atoms with Gasteiger partial charge in [0.2, 0.25) is 0 Å². The van der Waals surface area contributed by atoms with Crippen LogP contribution in [0.1, 0.15) is 40.5 Å². The highest BCUT2D eigenvalue weighted by atomic mass is 16.5. The summed E-state index contributed by atoms with van der Waals surface area (Å²) in [6.07, 6.45) is 2.55. The van der Waals surface area contributed by atoms with Crippen LogP contribution >= 0.6 is 0 Å². The van der Waals surface area contributed by atoms with Crippen LogP contribution in [-0.2, 0) is 4.74 Å². The summed E-state index contributed by atoms with van der Waals surface area (Å²) in [5.41, 5.74) is 0. The molecule has 3 unspecified atom stereocenters. The third-order valence-corrected chi connectivity index (χ3v) is 2.72. The summed E-state index contributed by atoms with van der Waals surface area (Å²) in [6, 6.07) is 0.629. The van der Waals surface area contributed by atoms with Crippen LogP contribution in [0.3, 0.4) is 0 Å². The lowest BCUT2D eigenvalue weighted by Gasteiger charge is -2.19. The Balaban J connectivity index is 3.47. The summed E-state index contributed by atoms with van der Waals surface area (Å²) in [5, 5.41) is 3.55. The molecule has 0 radical (unpaired) electrons. The summed E-state index contributed by atoms with van der Waals surface area (Å²) < 4.78 is 5.10. The number of hydrogen-bond acceptors (Lipinski definition) is 2. The number of rotatable bonds is 8. The van der Waals surface area contributed by atoms with E-state index in [1.807, 2.05) is 0 Å². The van der Waals surface area contributed by atoms with Crippen molar-refractivity contribution in [1.82, 2.24) is 5.32 Å². The van der Waals surface area contributed by atoms with E-state index in [1.165, 1.54) is 12.8 Å². The van der Waals surface area contributed by atoms with Gasteiger partial charge in [-0.15, -0.1) is 0 Å². The molecule has 0 aromatic rings. The van der Waals surface area contributed by atoms with Gasteiger partial charge in [0.1, 0.15) is 0 Å². The Hall–Kier alpha value is -0.0800. The van der Waals surface area contributed by atoms with Crippen molar-refractivity contribution in [1.29, 1.82) is 0 Å². The van der Waals surface area contributed by atoms with E-state index >= 15 is 0 Å². The van der Waals surface area contributed by atoms with Crippen molar-refractivity contribution >= 4 is 0 Å². The lowest BCUT2D eigenvalue weighted by atomic mass is 10.00. The maximum Gasteiger partial charge on any atom is 0.0499 e. The van der Waals surface area contributed by atoms with Crippen LogP contribution in [0, 0.1) is 11.8 Å². The van der Waals surface area contributed by atoms with Crippen LogP contribution in [0.15, 0.2) is 0 Å². The lowest BCUT2D eigenvalue weighted by Crippen LogP contribution is -2.32. The molecular weight excluding hydrogens is 174 g/mol. The van der Waals surface area contributed by atoms with Crippen molar-refractivity contribution in [3.05, 3.63) is 0 Å². The third-order valence-electron chi connectivity index (χ3n) is 2.72. The largest absolute Gasteiger partial charge is 0.384 e. The Labute approximate surface area is 89.4 Å². The van der Waals surface area contributed by atoms with Gasteiger partial charge in [0.05, 0.1) is 0 Å². The molecule has 0 aromatic carbocycles. The van der Waals surface area contributed by atoms with E-state index in [2.05, 4.69) is 33.0 Å². The fourth-order valence-corrected chi connectivity index (χ4v) is 1.60. The maximum absolute atomic E-state index is 5.10. The van der Waals surface area contributed by atoms with Gasteiger partial charge in [-0.2, -0.15) is 0 Å². The Kier molecular flexibility index (Phi) is 8.20. The van der Waals surface area contributed by atoms with Gasteiger partial charge in [-0.25, -0.2) is 0 Å². The van der Waals surface area contributed by atoms with Crippen molar-refractivity contribution < 1.29 is 4.74 Å². The SMILES string of the molecule is CCC(C)CC(C)NCC(C)COC. The van der Waals surface area contributed by atoms with Crippen LogP contribution in [0.2, 0.25) is 0 Å². The molecule has 0 heterocycles. The predicted octanol–water partition coefficient (Wildman–Crippen LogP) is 2.68. The van der Waals surface area contributed by atoms with Crippen LogP contribution in [0.5, 0.6) is 0 Å². The maximum atomic E-state index is 5.10. The zero-order chi connectivity index (χ0) is 11.0. The van der Waals surface area contributed by atoms with Crippen LogP contribution in [-0.4, -0.2) is 26.3 Å². The van der Waals surface area contributed by atoms with E-state index < -0.39 is 0 Å². The fourth-order valence-electron chi connectivity index (χ4n) is 1.60. The normalized spacial score (nSPS) is 17.8. The molecule has 0 rings (SSSR count). The van der Waals surface area contributed by atoms with E-state index in [1.54, 1.807) is 7.11 Å². The first-order valence-electron chi connectivity index (χ1n) is 5.82. The Morgan fingerprint density at radius 3 is 2.29 bits per heavy atom. The molecule has 0 aliphatic carbocycles. The highest BCUT2D eigenvalue weighted by Crippen LogP contribution is 2.09. The molecule has 2 nitrogen and oxygen atoms in total. The van der Waals surface area contributed by atoms with E-state index in [0.717, 1.165) is 19.1 Å². The predicted molar refractivity (Wildman–Crippen MR) is 62.6 cm³/mol. The van der Waals surface area contributed by atoms with Gasteiger partial charge >= 0.3 is 0 Å². The third kappa shape index (κ3) is 7.34. The molecule has 0 saturated carbocycles. The minimum atomic E-state index is 0.611. The first kappa shape index (κ1) is 13.9. The number of nitrogens with one attached hydrogen (secondary N) is 1. The monoisotopic (exact) mass is 201 g/mol. The Morgan fingerprint density at radius 2 is 1.79 bits per heavy atom. The van der Waals surface area contributed by atoms with Gasteiger partial charge in [0.25, 0.3) is 0 Å². The lowest BCUT2D eigenvalue weighted by molar-refractivity contribution is 0.156. The second-order valence-corrected chi connectivity index (χ2v) is 4.62. The molecule has 0 fully saturated rings. The molecule has 86 valence electrons. The van der Waals surface area contributed by atoms with Gasteiger partial charge in [-0.1, -0.05) is 27.2 Å². The van der Waals surface area contributed by atoms with Crippen LogP contribution < -0.4 is 5.32 Å². The Bertz CT molecular complexity index is 127. The van der Waals surface area contributed by atoms with Gasteiger partial charge in [-0.3, -0.25) is 0 Å².